The van der Waals surface area contributed by atoms with Crippen molar-refractivity contribution in [3.8, 4) is 0 Å². The van der Waals surface area contributed by atoms with E-state index >= 15 is 0 Å². The van der Waals surface area contributed by atoms with E-state index in [-0.39, 0.29) is 11.2 Å². The molecule has 0 saturated heterocycles. The summed E-state index contributed by atoms with van der Waals surface area (Å²) in [6.45, 7) is 4.93. The van der Waals surface area contributed by atoms with Crippen molar-refractivity contribution in [3.05, 3.63) is 0 Å². The quantitative estimate of drug-likeness (QED) is 0.713. The zero-order valence-electron chi connectivity index (χ0n) is 9.83. The van der Waals surface area contributed by atoms with E-state index in [0.717, 1.165) is 12.5 Å². The predicted octanol–water partition coefficient (Wildman–Crippen LogP) is 2.64. The summed E-state index contributed by atoms with van der Waals surface area (Å²) in [5.74, 6) is 1.69. The van der Waals surface area contributed by atoms with Gasteiger partial charge in [0.2, 0.25) is 5.91 Å². The molecule has 88 valence electrons. The van der Waals surface area contributed by atoms with Crippen LogP contribution >= 0.6 is 12.6 Å². The molecular formula is C12H23NOS. The van der Waals surface area contributed by atoms with Crippen molar-refractivity contribution >= 4 is 18.5 Å². The first-order chi connectivity index (χ1) is 7.13. The van der Waals surface area contributed by atoms with E-state index in [0.29, 0.717) is 5.92 Å². The molecule has 1 unspecified atom stereocenters. The molecule has 1 rings (SSSR count). The van der Waals surface area contributed by atoms with Gasteiger partial charge in [0.05, 0.1) is 5.25 Å². The van der Waals surface area contributed by atoms with Gasteiger partial charge in [-0.05, 0) is 31.6 Å². The molecule has 0 bridgehead atoms. The normalized spacial score (nSPS) is 28.5. The highest BCUT2D eigenvalue weighted by atomic mass is 32.1. The summed E-state index contributed by atoms with van der Waals surface area (Å²) >= 11 is 4.11. The number of hydrogen-bond donors (Lipinski definition) is 2. The molecule has 1 aliphatic rings. The molecule has 0 spiro atoms. The highest BCUT2D eigenvalue weighted by Gasteiger charge is 2.20. The van der Waals surface area contributed by atoms with Crippen LogP contribution in [0.25, 0.3) is 0 Å². The van der Waals surface area contributed by atoms with Crippen molar-refractivity contribution in [2.24, 2.45) is 11.8 Å². The van der Waals surface area contributed by atoms with Gasteiger partial charge in [-0.25, -0.2) is 0 Å². The van der Waals surface area contributed by atoms with Crippen LogP contribution in [0, 0.1) is 11.8 Å². The standard InChI is InChI=1S/C12H23NOS/c1-3-10-4-6-11(7-5-10)8-13-12(14)9(2)15/h9-11,15H,3-8H2,1-2H3,(H,13,14). The lowest BCUT2D eigenvalue weighted by Gasteiger charge is -2.28. The summed E-state index contributed by atoms with van der Waals surface area (Å²) in [6, 6.07) is 0. The van der Waals surface area contributed by atoms with Gasteiger partial charge in [0.1, 0.15) is 0 Å². The van der Waals surface area contributed by atoms with E-state index in [1.807, 2.05) is 6.92 Å². The van der Waals surface area contributed by atoms with Crippen molar-refractivity contribution in [1.82, 2.24) is 5.32 Å². The van der Waals surface area contributed by atoms with E-state index in [9.17, 15) is 4.79 Å². The summed E-state index contributed by atoms with van der Waals surface area (Å²) in [7, 11) is 0. The Balaban J connectivity index is 2.16. The van der Waals surface area contributed by atoms with Gasteiger partial charge in [-0.1, -0.05) is 26.2 Å². The number of carbonyl (C=O) groups excluding carboxylic acids is 1. The van der Waals surface area contributed by atoms with E-state index in [2.05, 4.69) is 24.9 Å². The third-order valence-electron chi connectivity index (χ3n) is 3.49. The Hall–Kier alpha value is -0.180. The highest BCUT2D eigenvalue weighted by molar-refractivity contribution is 7.81. The topological polar surface area (TPSA) is 29.1 Å². The first-order valence-electron chi connectivity index (χ1n) is 6.09. The number of carbonyl (C=O) groups is 1. The number of rotatable bonds is 4. The fourth-order valence-electron chi connectivity index (χ4n) is 2.24. The minimum atomic E-state index is -0.183. The zero-order chi connectivity index (χ0) is 11.3. The Morgan fingerprint density at radius 1 is 1.33 bits per heavy atom. The Morgan fingerprint density at radius 2 is 1.87 bits per heavy atom. The van der Waals surface area contributed by atoms with Gasteiger partial charge in [-0.15, -0.1) is 0 Å². The molecule has 0 aliphatic heterocycles. The number of nitrogens with one attached hydrogen (secondary N) is 1. The monoisotopic (exact) mass is 229 g/mol. The van der Waals surface area contributed by atoms with Crippen LogP contribution < -0.4 is 5.32 Å². The summed E-state index contributed by atoms with van der Waals surface area (Å²) < 4.78 is 0. The highest BCUT2D eigenvalue weighted by Crippen LogP contribution is 2.30. The average molecular weight is 229 g/mol. The van der Waals surface area contributed by atoms with Gasteiger partial charge in [-0.3, -0.25) is 4.79 Å². The Kier molecular flexibility index (Phi) is 5.51. The molecule has 1 saturated carbocycles. The molecule has 1 aliphatic carbocycles. The molecule has 0 aromatic rings. The number of thiol groups is 1. The maximum absolute atomic E-state index is 11.3. The first-order valence-corrected chi connectivity index (χ1v) is 6.60. The molecule has 0 aromatic heterocycles. The van der Waals surface area contributed by atoms with Crippen molar-refractivity contribution in [1.29, 1.82) is 0 Å². The molecule has 1 fully saturated rings. The Bertz CT molecular complexity index is 198. The second-order valence-corrected chi connectivity index (χ2v) is 5.49. The molecule has 2 nitrogen and oxygen atoms in total. The van der Waals surface area contributed by atoms with Gasteiger partial charge in [0.25, 0.3) is 0 Å². The minimum Gasteiger partial charge on any atom is -0.355 e. The minimum absolute atomic E-state index is 0.0657. The van der Waals surface area contributed by atoms with Gasteiger partial charge in [0, 0.05) is 6.54 Å². The predicted molar refractivity (Wildman–Crippen MR) is 67.2 cm³/mol. The lowest BCUT2D eigenvalue weighted by Crippen LogP contribution is -2.35. The second kappa shape index (κ2) is 6.41. The molecule has 1 amide bonds. The zero-order valence-corrected chi connectivity index (χ0v) is 10.7. The third kappa shape index (κ3) is 4.45. The molecule has 0 heterocycles. The van der Waals surface area contributed by atoms with E-state index < -0.39 is 0 Å². The maximum atomic E-state index is 11.3. The molecule has 1 N–H and O–H groups in total. The third-order valence-corrected chi connectivity index (χ3v) is 3.72. The van der Waals surface area contributed by atoms with Crippen LogP contribution in [-0.4, -0.2) is 17.7 Å². The Morgan fingerprint density at radius 3 is 2.33 bits per heavy atom. The van der Waals surface area contributed by atoms with Gasteiger partial charge in [-0.2, -0.15) is 12.6 Å². The van der Waals surface area contributed by atoms with Crippen LogP contribution in [-0.2, 0) is 4.79 Å². The van der Waals surface area contributed by atoms with Gasteiger partial charge < -0.3 is 5.32 Å². The first kappa shape index (κ1) is 12.9. The van der Waals surface area contributed by atoms with Crippen molar-refractivity contribution < 1.29 is 4.79 Å². The van der Waals surface area contributed by atoms with Crippen molar-refractivity contribution in [2.75, 3.05) is 6.54 Å². The van der Waals surface area contributed by atoms with Crippen LogP contribution in [0.5, 0.6) is 0 Å². The van der Waals surface area contributed by atoms with Crippen LogP contribution in [0.3, 0.4) is 0 Å². The largest absolute Gasteiger partial charge is 0.355 e. The summed E-state index contributed by atoms with van der Waals surface area (Å²) in [5, 5.41) is 2.79. The SMILES string of the molecule is CCC1CCC(CNC(=O)C(C)S)CC1. The van der Waals surface area contributed by atoms with E-state index in [1.165, 1.54) is 32.1 Å². The maximum Gasteiger partial charge on any atom is 0.232 e. The van der Waals surface area contributed by atoms with Crippen molar-refractivity contribution in [2.45, 2.75) is 51.2 Å². The lowest BCUT2D eigenvalue weighted by atomic mass is 9.81. The molecule has 15 heavy (non-hydrogen) atoms. The molecule has 0 aromatic carbocycles. The van der Waals surface area contributed by atoms with Crippen LogP contribution in [0.1, 0.15) is 46.0 Å². The van der Waals surface area contributed by atoms with Crippen LogP contribution in [0.4, 0.5) is 0 Å². The van der Waals surface area contributed by atoms with E-state index in [1.54, 1.807) is 0 Å². The summed E-state index contributed by atoms with van der Waals surface area (Å²) in [6.07, 6.45) is 6.55. The van der Waals surface area contributed by atoms with Crippen molar-refractivity contribution in [3.63, 3.8) is 0 Å². The van der Waals surface area contributed by atoms with Crippen LogP contribution in [0.2, 0.25) is 0 Å². The van der Waals surface area contributed by atoms with Gasteiger partial charge >= 0.3 is 0 Å². The number of hydrogen-bond acceptors (Lipinski definition) is 2. The summed E-state index contributed by atoms with van der Waals surface area (Å²) in [5.41, 5.74) is 0. The molecule has 3 heteroatoms. The molecule has 0 radical (unpaired) electrons. The van der Waals surface area contributed by atoms with Crippen LogP contribution in [0.15, 0.2) is 0 Å². The lowest BCUT2D eigenvalue weighted by molar-refractivity contribution is -0.120. The Labute approximate surface area is 98.6 Å². The van der Waals surface area contributed by atoms with Gasteiger partial charge in [0.15, 0.2) is 0 Å². The fraction of sp³-hybridized carbons (Fsp3) is 0.917. The second-order valence-electron chi connectivity index (χ2n) is 4.72. The average Bonchev–Trinajstić information content (AvgIpc) is 2.26. The molecule has 1 atom stereocenters. The smallest absolute Gasteiger partial charge is 0.232 e. The number of amides is 1. The fourth-order valence-corrected chi connectivity index (χ4v) is 2.33. The van der Waals surface area contributed by atoms with E-state index in [4.69, 9.17) is 0 Å². The summed E-state index contributed by atoms with van der Waals surface area (Å²) in [4.78, 5) is 11.3. The molecular weight excluding hydrogens is 206 g/mol.